The van der Waals surface area contributed by atoms with Crippen molar-refractivity contribution in [3.63, 3.8) is 0 Å². The van der Waals surface area contributed by atoms with Gasteiger partial charge in [0, 0.05) is 4.91 Å². The predicted molar refractivity (Wildman–Crippen MR) is 40.6 cm³/mol. The van der Waals surface area contributed by atoms with Gasteiger partial charge in [0.05, 0.1) is 12.6 Å². The van der Waals surface area contributed by atoms with Crippen LogP contribution in [0.25, 0.3) is 10.4 Å². The second-order valence-electron chi connectivity index (χ2n) is 2.08. The van der Waals surface area contributed by atoms with Crippen molar-refractivity contribution in [3.8, 4) is 0 Å². The maximum absolute atomic E-state index is 10.0. The molecule has 0 aromatic carbocycles. The van der Waals surface area contributed by atoms with E-state index in [2.05, 4.69) is 15.3 Å². The Morgan fingerprint density at radius 1 is 1.92 bits per heavy atom. The SMILES string of the molecule is CC(COCN=[N+]=[N-])NC(=O)O. The average molecular weight is 174 g/mol. The monoisotopic (exact) mass is 174 g/mol. The number of carbonyl (C=O) groups is 1. The number of carboxylic acid groups (broad SMARTS) is 1. The van der Waals surface area contributed by atoms with Gasteiger partial charge in [0.1, 0.15) is 6.73 Å². The van der Waals surface area contributed by atoms with E-state index in [1.807, 2.05) is 0 Å². The number of nitrogens with zero attached hydrogens (tertiary/aromatic N) is 3. The molecule has 0 rings (SSSR count). The summed E-state index contributed by atoms with van der Waals surface area (Å²) in [5.41, 5.74) is 7.85. The minimum atomic E-state index is -1.10. The number of nitrogens with one attached hydrogen (secondary N) is 1. The molecule has 0 bridgehead atoms. The van der Waals surface area contributed by atoms with Crippen molar-refractivity contribution in [3.05, 3.63) is 10.4 Å². The number of hydrogen-bond acceptors (Lipinski definition) is 3. The highest BCUT2D eigenvalue weighted by Gasteiger charge is 2.03. The number of azide groups is 1. The third-order valence-corrected chi connectivity index (χ3v) is 0.950. The first-order chi connectivity index (χ1) is 5.66. The minimum Gasteiger partial charge on any atom is -0.465 e. The fraction of sp³-hybridized carbons (Fsp3) is 0.800. The van der Waals surface area contributed by atoms with Crippen LogP contribution in [0.2, 0.25) is 0 Å². The van der Waals surface area contributed by atoms with Crippen LogP contribution in [0.1, 0.15) is 6.92 Å². The molecule has 0 aliphatic rings. The molecule has 0 radical (unpaired) electrons. The summed E-state index contributed by atoms with van der Waals surface area (Å²) in [6.45, 7) is 1.75. The van der Waals surface area contributed by atoms with Crippen molar-refractivity contribution in [1.29, 1.82) is 0 Å². The highest BCUT2D eigenvalue weighted by Crippen LogP contribution is 1.84. The van der Waals surface area contributed by atoms with Crippen LogP contribution in [0.15, 0.2) is 5.11 Å². The van der Waals surface area contributed by atoms with Crippen LogP contribution < -0.4 is 5.32 Å². The maximum Gasteiger partial charge on any atom is 0.404 e. The summed E-state index contributed by atoms with van der Waals surface area (Å²) in [4.78, 5) is 12.5. The van der Waals surface area contributed by atoms with E-state index in [0.717, 1.165) is 0 Å². The van der Waals surface area contributed by atoms with Gasteiger partial charge in [-0.05, 0) is 12.5 Å². The molecule has 0 aromatic heterocycles. The Morgan fingerprint density at radius 2 is 2.58 bits per heavy atom. The summed E-state index contributed by atoms with van der Waals surface area (Å²) in [6, 6.07) is -0.309. The summed E-state index contributed by atoms with van der Waals surface area (Å²) >= 11 is 0. The topological polar surface area (TPSA) is 107 Å². The van der Waals surface area contributed by atoms with Crippen LogP contribution in [0.5, 0.6) is 0 Å². The minimum absolute atomic E-state index is 0.0812. The highest BCUT2D eigenvalue weighted by molar-refractivity contribution is 5.64. The number of ether oxygens (including phenoxy) is 1. The van der Waals surface area contributed by atoms with Crippen LogP contribution in [0.4, 0.5) is 4.79 Å². The van der Waals surface area contributed by atoms with Crippen LogP contribution in [0.3, 0.4) is 0 Å². The molecule has 2 N–H and O–H groups in total. The zero-order valence-electron chi connectivity index (χ0n) is 6.60. The van der Waals surface area contributed by atoms with Crippen molar-refractivity contribution in [2.75, 3.05) is 13.3 Å². The molecule has 0 spiro atoms. The molecule has 12 heavy (non-hydrogen) atoms. The second-order valence-corrected chi connectivity index (χ2v) is 2.08. The molecule has 68 valence electrons. The Kier molecular flexibility index (Phi) is 5.50. The van der Waals surface area contributed by atoms with Crippen molar-refractivity contribution in [2.45, 2.75) is 13.0 Å². The van der Waals surface area contributed by atoms with Gasteiger partial charge >= 0.3 is 6.09 Å². The Morgan fingerprint density at radius 3 is 3.08 bits per heavy atom. The Hall–Kier alpha value is -1.46. The van der Waals surface area contributed by atoms with Gasteiger partial charge in [-0.25, -0.2) is 4.79 Å². The summed E-state index contributed by atoms with van der Waals surface area (Å²) < 4.78 is 4.79. The molecule has 0 heterocycles. The van der Waals surface area contributed by atoms with E-state index >= 15 is 0 Å². The largest absolute Gasteiger partial charge is 0.465 e. The maximum atomic E-state index is 10.0. The highest BCUT2D eigenvalue weighted by atomic mass is 16.5. The quantitative estimate of drug-likeness (QED) is 0.280. The third kappa shape index (κ3) is 6.66. The van der Waals surface area contributed by atoms with E-state index in [1.165, 1.54) is 0 Å². The molecule has 7 nitrogen and oxygen atoms in total. The number of hydrogen-bond donors (Lipinski definition) is 2. The Bertz CT molecular complexity index is 189. The van der Waals surface area contributed by atoms with Gasteiger partial charge in [0.15, 0.2) is 0 Å². The lowest BCUT2D eigenvalue weighted by Crippen LogP contribution is -2.34. The van der Waals surface area contributed by atoms with Gasteiger partial charge in [-0.2, -0.15) is 0 Å². The molecule has 0 aromatic rings. The normalized spacial score (nSPS) is 11.4. The summed E-state index contributed by atoms with van der Waals surface area (Å²) in [7, 11) is 0. The van der Waals surface area contributed by atoms with Gasteiger partial charge in [0.25, 0.3) is 0 Å². The van der Waals surface area contributed by atoms with Crippen LogP contribution >= 0.6 is 0 Å². The van der Waals surface area contributed by atoms with Crippen molar-refractivity contribution in [1.82, 2.24) is 5.32 Å². The predicted octanol–water partition coefficient (Wildman–Crippen LogP) is 0.927. The van der Waals surface area contributed by atoms with E-state index in [4.69, 9.17) is 15.4 Å². The lowest BCUT2D eigenvalue weighted by Gasteiger charge is -2.09. The molecule has 1 unspecified atom stereocenters. The molecule has 1 amide bonds. The van der Waals surface area contributed by atoms with E-state index in [9.17, 15) is 4.79 Å². The Labute approximate surface area is 69.0 Å². The van der Waals surface area contributed by atoms with Gasteiger partial charge < -0.3 is 15.2 Å². The molecule has 0 saturated carbocycles. The Balaban J connectivity index is 3.36. The van der Waals surface area contributed by atoms with Crippen LogP contribution in [0, 0.1) is 0 Å². The first-order valence-corrected chi connectivity index (χ1v) is 3.25. The number of amides is 1. The molecule has 7 heteroatoms. The first-order valence-electron chi connectivity index (χ1n) is 3.25. The lowest BCUT2D eigenvalue weighted by atomic mass is 10.4. The van der Waals surface area contributed by atoms with Crippen LogP contribution in [-0.2, 0) is 4.74 Å². The molecule has 0 aliphatic carbocycles. The first kappa shape index (κ1) is 10.5. The van der Waals surface area contributed by atoms with Gasteiger partial charge in [0.2, 0.25) is 0 Å². The van der Waals surface area contributed by atoms with Crippen molar-refractivity contribution in [2.24, 2.45) is 5.11 Å². The van der Waals surface area contributed by atoms with Crippen LogP contribution in [-0.4, -0.2) is 30.6 Å². The molecule has 0 fully saturated rings. The van der Waals surface area contributed by atoms with E-state index in [-0.39, 0.29) is 19.4 Å². The number of rotatable bonds is 5. The third-order valence-electron chi connectivity index (χ3n) is 0.950. The van der Waals surface area contributed by atoms with E-state index < -0.39 is 6.09 Å². The van der Waals surface area contributed by atoms with Crippen molar-refractivity contribution < 1.29 is 14.6 Å². The molecular formula is C5H10N4O3. The smallest absolute Gasteiger partial charge is 0.404 e. The molecule has 1 atom stereocenters. The van der Waals surface area contributed by atoms with Gasteiger partial charge in [-0.1, -0.05) is 5.11 Å². The zero-order valence-corrected chi connectivity index (χ0v) is 6.60. The zero-order chi connectivity index (χ0) is 9.40. The van der Waals surface area contributed by atoms with Gasteiger partial charge in [-0.15, -0.1) is 0 Å². The molecule has 0 saturated heterocycles. The van der Waals surface area contributed by atoms with Crippen molar-refractivity contribution >= 4 is 6.09 Å². The van der Waals surface area contributed by atoms with E-state index in [1.54, 1.807) is 6.92 Å². The summed E-state index contributed by atoms with van der Waals surface area (Å²) in [5.74, 6) is 0. The molecule has 0 aliphatic heterocycles. The fourth-order valence-electron chi connectivity index (χ4n) is 0.549. The summed E-state index contributed by atoms with van der Waals surface area (Å²) in [6.07, 6.45) is -1.10. The fourth-order valence-corrected chi connectivity index (χ4v) is 0.549. The standard InChI is InChI=1S/C5H10N4O3/c1-4(8-5(10)11)2-12-3-7-9-6/h4,8H,2-3H2,1H3,(H,10,11). The van der Waals surface area contributed by atoms with Gasteiger partial charge in [-0.3, -0.25) is 0 Å². The average Bonchev–Trinajstić information content (AvgIpc) is 1.97. The second kappa shape index (κ2) is 6.26. The van der Waals surface area contributed by atoms with E-state index in [0.29, 0.717) is 0 Å². The lowest BCUT2D eigenvalue weighted by molar-refractivity contribution is 0.118. The summed E-state index contributed by atoms with van der Waals surface area (Å²) in [5, 5.41) is 13.5. The molecular weight excluding hydrogens is 164 g/mol.